The summed E-state index contributed by atoms with van der Waals surface area (Å²) in [6, 6.07) is 6.47. The largest absolute Gasteiger partial charge is 0.508 e. The third-order valence-electron chi connectivity index (χ3n) is 1.37. The van der Waals surface area contributed by atoms with Crippen LogP contribution in [-0.4, -0.2) is 21.6 Å². The van der Waals surface area contributed by atoms with Gasteiger partial charge in [-0.15, -0.1) is 0 Å². The van der Waals surface area contributed by atoms with Crippen LogP contribution in [0.3, 0.4) is 0 Å². The van der Waals surface area contributed by atoms with Crippen molar-refractivity contribution in [3.8, 4) is 5.75 Å². The molecule has 0 atom stereocenters. The lowest BCUT2D eigenvalue weighted by molar-refractivity contribution is 0.233. The highest BCUT2D eigenvalue weighted by atomic mass is 32.1. The van der Waals surface area contributed by atoms with Gasteiger partial charge >= 0.3 is 0 Å². The number of rotatable bonds is 2. The van der Waals surface area contributed by atoms with Crippen molar-refractivity contribution in [1.82, 2.24) is 10.9 Å². The molecule has 14 heavy (non-hydrogen) atoms. The Morgan fingerprint density at radius 2 is 2.00 bits per heavy atom. The van der Waals surface area contributed by atoms with E-state index in [1.807, 2.05) is 0 Å². The highest BCUT2D eigenvalue weighted by molar-refractivity contribution is 7.80. The fraction of sp³-hybridized carbons (Fsp3) is 0. The number of thiocarbonyl (C=S) groups is 1. The van der Waals surface area contributed by atoms with Gasteiger partial charge in [0, 0.05) is 0 Å². The number of hydrogen-bond acceptors (Lipinski definition) is 4. The van der Waals surface area contributed by atoms with E-state index in [2.05, 4.69) is 22.7 Å². The van der Waals surface area contributed by atoms with Crippen molar-refractivity contribution in [3.05, 3.63) is 29.8 Å². The molecule has 0 bridgehead atoms. The number of phenols is 1. The zero-order valence-corrected chi connectivity index (χ0v) is 7.95. The summed E-state index contributed by atoms with van der Waals surface area (Å²) in [6.45, 7) is 0. The van der Waals surface area contributed by atoms with Gasteiger partial charge in [-0.05, 0) is 42.0 Å². The maximum absolute atomic E-state index is 8.98. The Morgan fingerprint density at radius 3 is 2.57 bits per heavy atom. The average Bonchev–Trinajstić information content (AvgIpc) is 2.21. The number of phenolic OH excluding ortho intramolecular Hbond substituents is 1. The van der Waals surface area contributed by atoms with Crippen LogP contribution >= 0.6 is 12.2 Å². The molecule has 0 amide bonds. The fourth-order valence-electron chi connectivity index (χ4n) is 0.751. The molecular weight excluding hydrogens is 202 g/mol. The standard InChI is InChI=1S/C8H9N3O2S/c12-7-3-1-6(2-4-7)5-9-10-8(14)11-13/h1-5,12-13H,(H2,10,11,14)/b9-5+. The maximum atomic E-state index is 8.98. The van der Waals surface area contributed by atoms with Crippen LogP contribution in [0.5, 0.6) is 5.75 Å². The molecular formula is C8H9N3O2S. The van der Waals surface area contributed by atoms with E-state index in [1.165, 1.54) is 6.21 Å². The third kappa shape index (κ3) is 3.38. The van der Waals surface area contributed by atoms with Gasteiger partial charge in [-0.3, -0.25) is 10.6 Å². The molecule has 4 N–H and O–H groups in total. The first-order valence-corrected chi connectivity index (χ1v) is 4.15. The lowest BCUT2D eigenvalue weighted by Gasteiger charge is -1.98. The molecule has 1 aromatic rings. The number of hydroxylamine groups is 1. The van der Waals surface area contributed by atoms with Crippen LogP contribution in [0.4, 0.5) is 0 Å². The van der Waals surface area contributed by atoms with E-state index in [0.29, 0.717) is 0 Å². The molecule has 0 aliphatic rings. The molecule has 0 saturated heterocycles. The summed E-state index contributed by atoms with van der Waals surface area (Å²) in [5.41, 5.74) is 4.90. The molecule has 0 aliphatic carbocycles. The molecule has 0 spiro atoms. The van der Waals surface area contributed by atoms with Gasteiger partial charge in [0.1, 0.15) is 5.75 Å². The number of hydrazone groups is 1. The molecule has 0 aromatic heterocycles. The monoisotopic (exact) mass is 211 g/mol. The second-order valence-corrected chi connectivity index (χ2v) is 2.81. The van der Waals surface area contributed by atoms with Crippen LogP contribution in [0, 0.1) is 0 Å². The van der Waals surface area contributed by atoms with Crippen molar-refractivity contribution in [1.29, 1.82) is 0 Å². The molecule has 0 heterocycles. The summed E-state index contributed by atoms with van der Waals surface area (Å²) in [5.74, 6) is 0.197. The van der Waals surface area contributed by atoms with E-state index in [-0.39, 0.29) is 10.9 Å². The van der Waals surface area contributed by atoms with Gasteiger partial charge in [-0.2, -0.15) is 5.10 Å². The Bertz CT molecular complexity index is 337. The molecule has 0 aliphatic heterocycles. The van der Waals surface area contributed by atoms with Gasteiger partial charge < -0.3 is 5.11 Å². The molecule has 5 nitrogen and oxygen atoms in total. The van der Waals surface area contributed by atoms with Crippen LogP contribution in [0.2, 0.25) is 0 Å². The van der Waals surface area contributed by atoms with Gasteiger partial charge in [0.2, 0.25) is 5.11 Å². The Labute approximate surface area is 86.0 Å². The summed E-state index contributed by atoms with van der Waals surface area (Å²) >= 11 is 4.57. The Hall–Kier alpha value is -1.66. The number of nitrogens with one attached hydrogen (secondary N) is 2. The zero-order chi connectivity index (χ0) is 10.4. The first kappa shape index (κ1) is 10.4. The lowest BCUT2D eigenvalue weighted by Crippen LogP contribution is -2.28. The Morgan fingerprint density at radius 1 is 1.36 bits per heavy atom. The topological polar surface area (TPSA) is 76.9 Å². The van der Waals surface area contributed by atoms with Crippen molar-refractivity contribution in [3.63, 3.8) is 0 Å². The molecule has 0 unspecified atom stereocenters. The molecule has 0 radical (unpaired) electrons. The fourth-order valence-corrected chi connectivity index (χ4v) is 0.804. The number of nitrogens with zero attached hydrogens (tertiary/aromatic N) is 1. The van der Waals surface area contributed by atoms with Gasteiger partial charge in [-0.1, -0.05) is 0 Å². The van der Waals surface area contributed by atoms with Crippen LogP contribution in [-0.2, 0) is 0 Å². The summed E-state index contributed by atoms with van der Waals surface area (Å²) in [5, 5.41) is 21.0. The quantitative estimate of drug-likeness (QED) is 0.327. The van der Waals surface area contributed by atoms with Crippen LogP contribution in [0.1, 0.15) is 5.56 Å². The van der Waals surface area contributed by atoms with Crippen molar-refractivity contribution in [2.45, 2.75) is 0 Å². The van der Waals surface area contributed by atoms with Crippen LogP contribution in [0.25, 0.3) is 0 Å². The second-order valence-electron chi connectivity index (χ2n) is 2.40. The van der Waals surface area contributed by atoms with E-state index in [4.69, 9.17) is 10.3 Å². The highest BCUT2D eigenvalue weighted by Crippen LogP contribution is 2.07. The Kier molecular flexibility index (Phi) is 3.84. The van der Waals surface area contributed by atoms with Gasteiger partial charge in [-0.25, -0.2) is 5.48 Å². The van der Waals surface area contributed by atoms with Gasteiger partial charge in [0.15, 0.2) is 0 Å². The van der Waals surface area contributed by atoms with E-state index >= 15 is 0 Å². The summed E-state index contributed by atoms with van der Waals surface area (Å²) < 4.78 is 0. The van der Waals surface area contributed by atoms with Crippen molar-refractivity contribution < 1.29 is 10.3 Å². The van der Waals surface area contributed by atoms with Crippen LogP contribution < -0.4 is 10.9 Å². The summed E-state index contributed by atoms with van der Waals surface area (Å²) in [4.78, 5) is 0. The van der Waals surface area contributed by atoms with Gasteiger partial charge in [0.25, 0.3) is 0 Å². The highest BCUT2D eigenvalue weighted by Gasteiger charge is 1.89. The minimum atomic E-state index is 0.0139. The SMILES string of the molecule is ONC(=S)N/N=C/c1ccc(O)cc1. The molecule has 1 rings (SSSR count). The van der Waals surface area contributed by atoms with E-state index in [0.717, 1.165) is 5.56 Å². The molecule has 74 valence electrons. The van der Waals surface area contributed by atoms with E-state index < -0.39 is 0 Å². The van der Waals surface area contributed by atoms with Crippen LogP contribution in [0.15, 0.2) is 29.4 Å². The van der Waals surface area contributed by atoms with Crippen molar-refractivity contribution in [2.24, 2.45) is 5.10 Å². The predicted octanol–water partition coefficient (Wildman–Crippen LogP) is 0.579. The summed E-state index contributed by atoms with van der Waals surface area (Å²) in [7, 11) is 0. The number of hydrogen-bond donors (Lipinski definition) is 4. The smallest absolute Gasteiger partial charge is 0.211 e. The van der Waals surface area contributed by atoms with E-state index in [9.17, 15) is 0 Å². The molecule has 1 aromatic carbocycles. The molecule has 0 fully saturated rings. The zero-order valence-electron chi connectivity index (χ0n) is 7.14. The Balaban J connectivity index is 2.52. The van der Waals surface area contributed by atoms with Gasteiger partial charge in [0.05, 0.1) is 6.21 Å². The molecule has 0 saturated carbocycles. The van der Waals surface area contributed by atoms with Crippen molar-refractivity contribution >= 4 is 23.5 Å². The van der Waals surface area contributed by atoms with Crippen molar-refractivity contribution in [2.75, 3.05) is 0 Å². The number of aromatic hydroxyl groups is 1. The second kappa shape index (κ2) is 5.15. The summed E-state index contributed by atoms with van der Waals surface area (Å²) in [6.07, 6.45) is 1.50. The van der Waals surface area contributed by atoms with E-state index in [1.54, 1.807) is 29.7 Å². The first-order valence-electron chi connectivity index (χ1n) is 3.74. The first-order chi connectivity index (χ1) is 6.72. The third-order valence-corrected chi connectivity index (χ3v) is 1.56. The number of benzene rings is 1. The minimum Gasteiger partial charge on any atom is -0.508 e. The minimum absolute atomic E-state index is 0.0139. The maximum Gasteiger partial charge on any atom is 0.211 e. The average molecular weight is 211 g/mol. The predicted molar refractivity (Wildman–Crippen MR) is 56.4 cm³/mol. The lowest BCUT2D eigenvalue weighted by atomic mass is 10.2. The molecule has 6 heteroatoms. The normalized spacial score (nSPS) is 10.1.